The van der Waals surface area contributed by atoms with Gasteiger partial charge in [-0.25, -0.2) is 50.7 Å². The van der Waals surface area contributed by atoms with Crippen LogP contribution in [0.3, 0.4) is 0 Å². The molecule has 4 atom stereocenters. The summed E-state index contributed by atoms with van der Waals surface area (Å²) in [7, 11) is 3.10. The Hall–Kier alpha value is -9.69. The summed E-state index contributed by atoms with van der Waals surface area (Å²) < 4.78 is 119. The molecule has 720 valence electrons. The Bertz CT molecular complexity index is 7200. The van der Waals surface area contributed by atoms with Crippen LogP contribution in [0.15, 0.2) is 251 Å². The summed E-state index contributed by atoms with van der Waals surface area (Å²) in [4.78, 5) is 20.0. The lowest BCUT2D eigenvalue weighted by atomic mass is 9.83. The fraction of sp³-hybridized carbons (Fsp3) is 0.243. The van der Waals surface area contributed by atoms with Gasteiger partial charge in [0.2, 0.25) is 0 Å². The SMILES string of the molecule is COc1cc(-n2c(SCc3c(F)cccc3Cl)nc3c2C(c2ccc(Cl)c(C)c2)CCC3)ccc1F.COc1ccc(-n2c(SCc3c(F)cccc3Cl)nc3c2C(c2ccc(Cl)c(C)c2)CCC3)cc1.Cc1cc(-n2c(SCc3c(F)cccc3Cl)nc3c2C(c2ccc(Cl)c(C)c2)CCC3)ccc1F.Cc1cc(C2CCCc3nc(SCc4c(F)cccc4Cl)n(-c4ccc(F)cc4)c32)ccc1Cl. The number of halogens is 15. The van der Waals surface area contributed by atoms with Gasteiger partial charge in [0.05, 0.1) is 65.5 Å². The maximum absolute atomic E-state index is 14.5. The van der Waals surface area contributed by atoms with Crippen LogP contribution in [0.25, 0.3) is 22.7 Å². The Morgan fingerprint density at radius 1 is 0.286 bits per heavy atom. The highest BCUT2D eigenvalue weighted by atomic mass is 35.5. The van der Waals surface area contributed by atoms with E-state index >= 15 is 0 Å². The van der Waals surface area contributed by atoms with Gasteiger partial charge in [0, 0.05) is 132 Å². The Morgan fingerprint density at radius 3 is 0.843 bits per heavy atom. The molecule has 4 unspecified atom stereocenters. The summed E-state index contributed by atoms with van der Waals surface area (Å²) in [6, 6.07) is 67.9. The molecule has 20 rings (SSSR count). The zero-order valence-corrected chi connectivity index (χ0v) is 86.6. The van der Waals surface area contributed by atoms with E-state index in [0.717, 1.165) is 209 Å². The lowest BCUT2D eigenvalue weighted by molar-refractivity contribution is 0.386. The maximum Gasteiger partial charge on any atom is 0.173 e. The van der Waals surface area contributed by atoms with Crippen molar-refractivity contribution in [1.29, 1.82) is 0 Å². The molecule has 0 fully saturated rings. The fourth-order valence-electron chi connectivity index (χ4n) is 18.8. The van der Waals surface area contributed by atoms with Crippen LogP contribution in [0.5, 0.6) is 11.5 Å². The molecule has 0 aliphatic heterocycles. The number of imidazole rings is 4. The second kappa shape index (κ2) is 45.5. The number of hydrogen-bond donors (Lipinski definition) is 0. The minimum Gasteiger partial charge on any atom is -0.497 e. The van der Waals surface area contributed by atoms with E-state index in [0.29, 0.717) is 76.1 Å². The smallest absolute Gasteiger partial charge is 0.173 e. The lowest BCUT2D eigenvalue weighted by Gasteiger charge is -2.26. The van der Waals surface area contributed by atoms with Crippen LogP contribution in [0.2, 0.25) is 40.2 Å². The van der Waals surface area contributed by atoms with Gasteiger partial charge in [-0.3, -0.25) is 18.3 Å². The summed E-state index contributed by atoms with van der Waals surface area (Å²) in [6.07, 6.45) is 11.5. The Morgan fingerprint density at radius 2 is 0.564 bits per heavy atom. The van der Waals surface area contributed by atoms with E-state index in [4.69, 9.17) is 122 Å². The first-order chi connectivity index (χ1) is 67.6. The van der Waals surface area contributed by atoms with Crippen molar-refractivity contribution in [3.8, 4) is 34.2 Å². The van der Waals surface area contributed by atoms with Crippen molar-refractivity contribution in [3.63, 3.8) is 0 Å². The number of benzene rings is 12. The van der Waals surface area contributed by atoms with Gasteiger partial charge in [0.1, 0.15) is 40.7 Å². The zero-order chi connectivity index (χ0) is 98.4. The van der Waals surface area contributed by atoms with E-state index in [1.54, 1.807) is 92.9 Å². The normalized spacial score (nSPS) is 15.2. The second-order valence-corrected chi connectivity index (χ2v) is 42.0. The third-order valence-electron chi connectivity index (χ3n) is 26.0. The highest BCUT2D eigenvalue weighted by Crippen LogP contribution is 2.50. The van der Waals surface area contributed by atoms with Gasteiger partial charge < -0.3 is 9.47 Å². The van der Waals surface area contributed by atoms with Gasteiger partial charge in [-0.05, 0) is 313 Å². The van der Waals surface area contributed by atoms with Crippen LogP contribution in [0, 0.1) is 75.3 Å². The molecule has 4 aromatic heterocycles. The van der Waals surface area contributed by atoms with Crippen LogP contribution >= 0.6 is 140 Å². The van der Waals surface area contributed by atoms with Crippen LogP contribution in [-0.4, -0.2) is 52.4 Å². The number of nitrogens with zero attached hydrogens (tertiary/aromatic N) is 8. The van der Waals surface area contributed by atoms with Crippen molar-refractivity contribution < 1.29 is 40.2 Å². The number of hydrogen-bond acceptors (Lipinski definition) is 10. The predicted molar refractivity (Wildman–Crippen MR) is 560 cm³/mol. The summed E-state index contributed by atoms with van der Waals surface area (Å²) >= 11 is 56.2. The van der Waals surface area contributed by atoms with Gasteiger partial charge in [-0.2, -0.15) is 0 Å². The molecule has 29 heteroatoms. The summed E-state index contributed by atoms with van der Waals surface area (Å²) in [6.45, 7) is 9.81. The molecule has 16 aromatic rings. The molecule has 0 saturated heterocycles. The third-order valence-corrected chi connectivity index (χ3v) is 32.9. The molecule has 0 spiro atoms. The zero-order valence-electron chi connectivity index (χ0n) is 77.3. The van der Waals surface area contributed by atoms with E-state index in [9.17, 15) is 30.7 Å². The Kier molecular flexibility index (Phi) is 33.1. The molecule has 10 nitrogen and oxygen atoms in total. The lowest BCUT2D eigenvalue weighted by Crippen LogP contribution is -2.15. The number of aromatic nitrogens is 8. The summed E-state index contributed by atoms with van der Waals surface area (Å²) in [5.74, 6) is 0.548. The Balaban J connectivity index is 0.000000129. The van der Waals surface area contributed by atoms with E-state index in [-0.39, 0.29) is 64.3 Å². The second-order valence-electron chi connectivity index (χ2n) is 34.9. The number of ether oxygens (including phenoxy) is 2. The van der Waals surface area contributed by atoms with Gasteiger partial charge in [-0.15, -0.1) is 0 Å². The van der Waals surface area contributed by atoms with E-state index in [1.165, 1.54) is 125 Å². The quantitative estimate of drug-likeness (QED) is 0.0483. The molecule has 0 amide bonds. The van der Waals surface area contributed by atoms with Crippen molar-refractivity contribution in [2.24, 2.45) is 0 Å². The minimum atomic E-state index is -0.438. The van der Waals surface area contributed by atoms with Crippen molar-refractivity contribution in [2.75, 3.05) is 14.2 Å². The molecule has 0 radical (unpaired) electrons. The fourth-order valence-corrected chi connectivity index (χ4v) is 24.8. The molecule has 0 bridgehead atoms. The summed E-state index contributed by atoms with van der Waals surface area (Å²) in [5.41, 5.74) is 23.3. The van der Waals surface area contributed by atoms with E-state index in [1.807, 2.05) is 82.3 Å². The molecular formula is C111H95Cl8F7N8O2S4. The largest absolute Gasteiger partial charge is 0.497 e. The van der Waals surface area contributed by atoms with Gasteiger partial charge >= 0.3 is 0 Å². The first kappa shape index (κ1) is 102. The average molecular weight is 2120 g/mol. The molecule has 4 aliphatic carbocycles. The van der Waals surface area contributed by atoms with Crippen molar-refractivity contribution >= 4 is 140 Å². The highest BCUT2D eigenvalue weighted by molar-refractivity contribution is 7.99. The van der Waals surface area contributed by atoms with Crippen molar-refractivity contribution in [2.45, 2.75) is 179 Å². The minimum absolute atomic E-state index is 0.0830. The predicted octanol–water partition coefficient (Wildman–Crippen LogP) is 34.3. The van der Waals surface area contributed by atoms with E-state index < -0.39 is 5.82 Å². The number of rotatable bonds is 22. The molecule has 4 aliphatic rings. The molecular weight excluding hydrogens is 2020 g/mol. The van der Waals surface area contributed by atoms with Crippen LogP contribution < -0.4 is 9.47 Å². The standard InChI is InChI=1S/C28H24Cl2F2N2OS.C28H24Cl2F2N2S.C28H25Cl2FN2OS.C27H22Cl2F2N2S/c1-16-13-17(9-11-21(16)29)19-5-3-8-25-27(19)34(18-10-12-24(32)26(14-18)35-2)28(33-25)36-15-20-22(30)6-4-7-23(20)31;1-16-13-18(9-11-22(16)29)20-5-3-8-26-27(20)34(19-10-12-24(31)17(2)14-19)28(33-26)35-15-21-23(30)6-4-7-25(21)32;1-17-15-18(9-14-23(17)29)21-5-3-8-26-27(21)33(19-10-12-20(34-2)13-11-19)28(32-26)35-16-22-24(30)6-4-7-25(22)31;1-16-14-17(8-13-22(16)28)20-4-2-7-25-26(20)33(19-11-9-18(30)10-12-19)27(32-25)34-15-21-23(29)5-3-6-24(21)31/h4,6-7,9-14,19H,3,5,8,15H2,1-2H3;4,6-7,9-14,20H,3,5,8,15H2,1-2H3;4,6-7,9-15,21H,3,5,8,16H2,1-2H3;3,5-6,8-14,20H,2,4,7,15H2,1H3. The molecule has 140 heavy (non-hydrogen) atoms. The first-order valence-electron chi connectivity index (χ1n) is 45.8. The van der Waals surface area contributed by atoms with Gasteiger partial charge in [0.15, 0.2) is 32.2 Å². The number of methoxy groups -OCH3 is 2. The molecule has 0 saturated carbocycles. The number of aryl methyl sites for hydroxylation is 9. The molecule has 4 heterocycles. The topological polar surface area (TPSA) is 89.7 Å². The first-order valence-corrected chi connectivity index (χ1v) is 52.8. The third kappa shape index (κ3) is 22.5. The number of fused-ring (bicyclic) bond motifs is 4. The molecule has 0 N–H and O–H groups in total. The monoisotopic (exact) mass is 2110 g/mol. The maximum atomic E-state index is 14.5. The van der Waals surface area contributed by atoms with Crippen molar-refractivity contribution in [1.82, 2.24) is 38.2 Å². The van der Waals surface area contributed by atoms with Gasteiger partial charge in [-0.1, -0.05) is 213 Å². The summed E-state index contributed by atoms with van der Waals surface area (Å²) in [5, 5.41) is 7.60. The van der Waals surface area contributed by atoms with Gasteiger partial charge in [0.25, 0.3) is 0 Å². The highest BCUT2D eigenvalue weighted by Gasteiger charge is 2.37. The number of thioether (sulfide) groups is 4. The van der Waals surface area contributed by atoms with Crippen LogP contribution in [-0.2, 0) is 48.7 Å². The Labute approximate surface area is 867 Å². The van der Waals surface area contributed by atoms with Crippen LogP contribution in [0.1, 0.15) is 193 Å². The molecule has 12 aromatic carbocycles. The average Bonchev–Trinajstić information content (AvgIpc) is 1.62. The van der Waals surface area contributed by atoms with E-state index in [2.05, 4.69) is 66.8 Å². The van der Waals surface area contributed by atoms with Crippen molar-refractivity contribution in [3.05, 3.63) is 429 Å². The van der Waals surface area contributed by atoms with Crippen LogP contribution in [0.4, 0.5) is 30.7 Å².